The number of carbonyl (C=O) groups is 3. The van der Waals surface area contributed by atoms with Crippen LogP contribution in [-0.4, -0.2) is 38.2 Å². The standard InChI is InChI=1S/C32H47NO6/c1-8-10-12-14-18-38-31(35)27-22(5)33-23(6)28(32(36)39-19-15-13-11-9-2)29(27)25-17-16-24(21(3)4)20-26(25)30(34)37-7/h16-17,20-21,29,33H,8-15,18-19H2,1-7H3. The van der Waals surface area contributed by atoms with Crippen LogP contribution in [0.25, 0.3) is 0 Å². The molecule has 1 aromatic rings. The number of benzene rings is 1. The van der Waals surface area contributed by atoms with Gasteiger partial charge in [-0.05, 0) is 49.8 Å². The van der Waals surface area contributed by atoms with Crippen LogP contribution in [0.5, 0.6) is 0 Å². The van der Waals surface area contributed by atoms with Gasteiger partial charge in [-0.25, -0.2) is 14.4 Å². The minimum absolute atomic E-state index is 0.171. The van der Waals surface area contributed by atoms with Crippen molar-refractivity contribution in [2.24, 2.45) is 0 Å². The van der Waals surface area contributed by atoms with Gasteiger partial charge in [-0.3, -0.25) is 0 Å². The van der Waals surface area contributed by atoms with E-state index in [2.05, 4.69) is 19.2 Å². The van der Waals surface area contributed by atoms with E-state index in [1.165, 1.54) is 7.11 Å². The smallest absolute Gasteiger partial charge is 0.338 e. The van der Waals surface area contributed by atoms with Crippen molar-refractivity contribution in [2.75, 3.05) is 20.3 Å². The van der Waals surface area contributed by atoms with E-state index in [1.54, 1.807) is 19.9 Å². The van der Waals surface area contributed by atoms with Crippen molar-refractivity contribution < 1.29 is 28.6 Å². The summed E-state index contributed by atoms with van der Waals surface area (Å²) in [5.74, 6) is -2.21. The zero-order chi connectivity index (χ0) is 28.9. The Labute approximate surface area is 234 Å². The molecule has 0 bridgehead atoms. The van der Waals surface area contributed by atoms with Gasteiger partial charge < -0.3 is 19.5 Å². The second-order valence-corrected chi connectivity index (χ2v) is 10.5. The molecule has 7 heteroatoms. The van der Waals surface area contributed by atoms with Gasteiger partial charge in [-0.15, -0.1) is 0 Å². The van der Waals surface area contributed by atoms with Crippen LogP contribution in [0, 0.1) is 0 Å². The molecule has 1 N–H and O–H groups in total. The molecule has 1 aliphatic heterocycles. The van der Waals surface area contributed by atoms with Gasteiger partial charge in [0.05, 0.1) is 43.0 Å². The highest BCUT2D eigenvalue weighted by molar-refractivity contribution is 6.01. The summed E-state index contributed by atoms with van der Waals surface area (Å²) in [5.41, 5.74) is 3.56. The van der Waals surface area contributed by atoms with Crippen LogP contribution >= 0.6 is 0 Å². The third kappa shape index (κ3) is 8.70. The molecule has 0 aromatic heterocycles. The van der Waals surface area contributed by atoms with Crippen LogP contribution < -0.4 is 5.32 Å². The number of dihydropyridines is 1. The van der Waals surface area contributed by atoms with Gasteiger partial charge in [0.15, 0.2) is 0 Å². The summed E-state index contributed by atoms with van der Waals surface area (Å²) in [4.78, 5) is 40.1. The molecule has 0 saturated carbocycles. The second-order valence-electron chi connectivity index (χ2n) is 10.5. The summed E-state index contributed by atoms with van der Waals surface area (Å²) < 4.78 is 16.5. The molecule has 0 unspecified atom stereocenters. The fourth-order valence-electron chi connectivity index (χ4n) is 4.86. The summed E-state index contributed by atoms with van der Waals surface area (Å²) >= 11 is 0. The molecule has 39 heavy (non-hydrogen) atoms. The highest BCUT2D eigenvalue weighted by Crippen LogP contribution is 2.41. The van der Waals surface area contributed by atoms with Gasteiger partial charge in [0, 0.05) is 11.4 Å². The van der Waals surface area contributed by atoms with E-state index in [9.17, 15) is 14.4 Å². The van der Waals surface area contributed by atoms with E-state index in [0.717, 1.165) is 56.9 Å². The van der Waals surface area contributed by atoms with Gasteiger partial charge >= 0.3 is 17.9 Å². The van der Waals surface area contributed by atoms with Crippen LogP contribution in [0.2, 0.25) is 0 Å². The summed E-state index contributed by atoms with van der Waals surface area (Å²) in [6.07, 6.45) is 7.79. The first kappa shape index (κ1) is 32.1. The SMILES string of the molecule is CCCCCCOC(=O)C1=C(C)NC(C)=C(C(=O)OCCCCCC)C1c1ccc(C(C)C)cc1C(=O)OC. The maximum atomic E-state index is 13.5. The Balaban J connectivity index is 2.56. The van der Waals surface area contributed by atoms with E-state index in [1.807, 2.05) is 26.0 Å². The van der Waals surface area contributed by atoms with E-state index in [0.29, 0.717) is 46.9 Å². The first-order valence-corrected chi connectivity index (χ1v) is 14.4. The number of ether oxygens (including phenoxy) is 3. The quantitative estimate of drug-likeness (QED) is 0.144. The average molecular weight is 542 g/mol. The maximum Gasteiger partial charge on any atom is 0.338 e. The van der Waals surface area contributed by atoms with Crippen LogP contribution in [-0.2, 0) is 23.8 Å². The number of rotatable bonds is 15. The van der Waals surface area contributed by atoms with Gasteiger partial charge in [0.1, 0.15) is 0 Å². The predicted molar refractivity (Wildman–Crippen MR) is 153 cm³/mol. The lowest BCUT2D eigenvalue weighted by atomic mass is 9.78. The Morgan fingerprint density at radius 3 is 1.74 bits per heavy atom. The van der Waals surface area contributed by atoms with Gasteiger partial charge in [0.2, 0.25) is 0 Å². The molecular weight excluding hydrogens is 494 g/mol. The van der Waals surface area contributed by atoms with Crippen molar-refractivity contribution in [2.45, 2.75) is 105 Å². The fraction of sp³-hybridized carbons (Fsp3) is 0.594. The second kappa shape index (κ2) is 16.1. The summed E-state index contributed by atoms with van der Waals surface area (Å²) in [6, 6.07) is 5.54. The molecule has 1 aliphatic rings. The monoisotopic (exact) mass is 541 g/mol. The number of hydrogen-bond acceptors (Lipinski definition) is 7. The number of esters is 3. The minimum atomic E-state index is -0.840. The minimum Gasteiger partial charge on any atom is -0.465 e. The van der Waals surface area contributed by atoms with Crippen molar-refractivity contribution in [1.29, 1.82) is 0 Å². The summed E-state index contributed by atoms with van der Waals surface area (Å²) in [6.45, 7) is 12.5. The largest absolute Gasteiger partial charge is 0.465 e. The molecule has 0 radical (unpaired) electrons. The predicted octanol–water partition coefficient (Wildman–Crippen LogP) is 7.08. The Kier molecular flexibility index (Phi) is 13.3. The number of methoxy groups -OCH3 is 1. The van der Waals surface area contributed by atoms with Gasteiger partial charge in [0.25, 0.3) is 0 Å². The van der Waals surface area contributed by atoms with Crippen LogP contribution in [0.4, 0.5) is 0 Å². The van der Waals surface area contributed by atoms with E-state index >= 15 is 0 Å². The number of allylic oxidation sites excluding steroid dienone is 2. The van der Waals surface area contributed by atoms with Crippen LogP contribution in [0.3, 0.4) is 0 Å². The average Bonchev–Trinajstić information content (AvgIpc) is 2.91. The zero-order valence-electron chi connectivity index (χ0n) is 24.9. The fourth-order valence-corrected chi connectivity index (χ4v) is 4.86. The van der Waals surface area contributed by atoms with E-state index in [-0.39, 0.29) is 5.92 Å². The number of nitrogens with one attached hydrogen (secondary N) is 1. The van der Waals surface area contributed by atoms with Crippen molar-refractivity contribution in [3.8, 4) is 0 Å². The lowest BCUT2D eigenvalue weighted by molar-refractivity contribution is -0.140. The molecule has 0 aliphatic carbocycles. The lowest BCUT2D eigenvalue weighted by Gasteiger charge is -2.31. The molecule has 0 saturated heterocycles. The molecule has 0 atom stereocenters. The highest BCUT2D eigenvalue weighted by atomic mass is 16.5. The van der Waals surface area contributed by atoms with Crippen LogP contribution in [0.1, 0.15) is 126 Å². The Bertz CT molecular complexity index is 1020. The van der Waals surface area contributed by atoms with Crippen molar-refractivity contribution >= 4 is 17.9 Å². The molecule has 216 valence electrons. The molecule has 0 amide bonds. The molecule has 1 aromatic carbocycles. The molecule has 0 fully saturated rings. The number of unbranched alkanes of at least 4 members (excludes halogenated alkanes) is 6. The third-order valence-electron chi connectivity index (χ3n) is 7.12. The highest BCUT2D eigenvalue weighted by Gasteiger charge is 2.40. The Morgan fingerprint density at radius 2 is 1.31 bits per heavy atom. The Morgan fingerprint density at radius 1 is 0.795 bits per heavy atom. The lowest BCUT2D eigenvalue weighted by Crippen LogP contribution is -2.33. The van der Waals surface area contributed by atoms with Crippen molar-refractivity contribution in [3.63, 3.8) is 0 Å². The molecule has 0 spiro atoms. The molecule has 1 heterocycles. The van der Waals surface area contributed by atoms with Crippen molar-refractivity contribution in [3.05, 3.63) is 57.4 Å². The number of carbonyl (C=O) groups excluding carboxylic acids is 3. The van der Waals surface area contributed by atoms with E-state index < -0.39 is 23.8 Å². The third-order valence-corrected chi connectivity index (χ3v) is 7.12. The normalized spacial score (nSPS) is 13.9. The Hall–Kier alpha value is -3.09. The van der Waals surface area contributed by atoms with Gasteiger partial charge in [-0.2, -0.15) is 0 Å². The first-order chi connectivity index (χ1) is 18.7. The number of hydrogen-bond donors (Lipinski definition) is 1. The molecule has 2 rings (SSSR count). The topological polar surface area (TPSA) is 90.9 Å². The van der Waals surface area contributed by atoms with Crippen molar-refractivity contribution in [1.82, 2.24) is 5.32 Å². The molecular formula is C32H47NO6. The summed E-state index contributed by atoms with van der Waals surface area (Å²) in [7, 11) is 1.33. The van der Waals surface area contributed by atoms with Gasteiger partial charge in [-0.1, -0.05) is 78.4 Å². The van der Waals surface area contributed by atoms with E-state index in [4.69, 9.17) is 14.2 Å². The molecule has 7 nitrogen and oxygen atoms in total. The maximum absolute atomic E-state index is 13.5. The van der Waals surface area contributed by atoms with Crippen LogP contribution in [0.15, 0.2) is 40.7 Å². The summed E-state index contributed by atoms with van der Waals surface area (Å²) in [5, 5.41) is 3.20. The zero-order valence-corrected chi connectivity index (χ0v) is 24.9. The first-order valence-electron chi connectivity index (χ1n) is 14.4.